The summed E-state index contributed by atoms with van der Waals surface area (Å²) in [6.07, 6.45) is -1.35. The highest BCUT2D eigenvalue weighted by Crippen LogP contribution is 2.30. The highest BCUT2D eigenvalue weighted by atomic mass is 19.3. The zero-order chi connectivity index (χ0) is 11.3. The van der Waals surface area contributed by atoms with Gasteiger partial charge in [0.25, 0.3) is 12.3 Å². The molecule has 84 valence electrons. The standard InChI is InChI=1S/C8H11F2N3O2/c1-11-7-6(14-2)8(13-4-12-7)15-3-5(9)10/h4-5H,3H2,1-2H3,(H,11,12,13). The average Bonchev–Trinajstić information content (AvgIpc) is 2.25. The van der Waals surface area contributed by atoms with E-state index in [0.717, 1.165) is 0 Å². The molecule has 0 bridgehead atoms. The summed E-state index contributed by atoms with van der Waals surface area (Å²) in [6.45, 7) is -0.726. The number of alkyl halides is 2. The van der Waals surface area contributed by atoms with E-state index in [1.54, 1.807) is 7.05 Å². The molecule has 0 aromatic carbocycles. The number of halogens is 2. The predicted octanol–water partition coefficient (Wildman–Crippen LogP) is 1.17. The molecular weight excluding hydrogens is 208 g/mol. The van der Waals surface area contributed by atoms with Gasteiger partial charge in [0.15, 0.2) is 12.4 Å². The number of rotatable bonds is 5. The molecule has 15 heavy (non-hydrogen) atoms. The molecule has 1 rings (SSSR count). The number of hydrogen-bond acceptors (Lipinski definition) is 5. The fourth-order valence-electron chi connectivity index (χ4n) is 0.964. The summed E-state index contributed by atoms with van der Waals surface area (Å²) < 4.78 is 33.5. The number of aromatic nitrogens is 2. The van der Waals surface area contributed by atoms with Crippen LogP contribution in [0.5, 0.6) is 11.6 Å². The SMILES string of the molecule is CNc1ncnc(OCC(F)F)c1OC. The third-order valence-electron chi connectivity index (χ3n) is 1.56. The first-order valence-corrected chi connectivity index (χ1v) is 4.16. The molecule has 5 nitrogen and oxygen atoms in total. The van der Waals surface area contributed by atoms with Crippen LogP contribution in [0.15, 0.2) is 6.33 Å². The second-order valence-corrected chi connectivity index (χ2v) is 2.51. The van der Waals surface area contributed by atoms with Crippen LogP contribution in [0.1, 0.15) is 0 Å². The Labute approximate surface area is 85.4 Å². The summed E-state index contributed by atoms with van der Waals surface area (Å²) in [5, 5.41) is 2.73. The largest absolute Gasteiger partial charge is 0.489 e. The van der Waals surface area contributed by atoms with Crippen LogP contribution < -0.4 is 14.8 Å². The monoisotopic (exact) mass is 219 g/mol. The summed E-state index contributed by atoms with van der Waals surface area (Å²) in [6, 6.07) is 0. The maximum absolute atomic E-state index is 11.9. The first kappa shape index (κ1) is 11.4. The molecule has 0 saturated heterocycles. The Morgan fingerprint density at radius 3 is 2.73 bits per heavy atom. The van der Waals surface area contributed by atoms with E-state index in [4.69, 9.17) is 9.47 Å². The molecule has 0 aliphatic carbocycles. The van der Waals surface area contributed by atoms with Gasteiger partial charge < -0.3 is 14.8 Å². The molecule has 0 aliphatic rings. The van der Waals surface area contributed by atoms with Gasteiger partial charge in [0.2, 0.25) is 5.75 Å². The van der Waals surface area contributed by atoms with Gasteiger partial charge in [-0.3, -0.25) is 0 Å². The van der Waals surface area contributed by atoms with Crippen molar-refractivity contribution in [2.75, 3.05) is 26.1 Å². The predicted molar refractivity (Wildman–Crippen MR) is 49.6 cm³/mol. The van der Waals surface area contributed by atoms with Crippen LogP contribution in [0.25, 0.3) is 0 Å². The molecule has 1 N–H and O–H groups in total. The van der Waals surface area contributed by atoms with E-state index in [1.165, 1.54) is 13.4 Å². The van der Waals surface area contributed by atoms with E-state index in [-0.39, 0.29) is 11.6 Å². The lowest BCUT2D eigenvalue weighted by Crippen LogP contribution is -2.10. The van der Waals surface area contributed by atoms with Crippen molar-refractivity contribution in [1.29, 1.82) is 0 Å². The van der Waals surface area contributed by atoms with Gasteiger partial charge in [-0.25, -0.2) is 13.8 Å². The number of hydrogen-bond donors (Lipinski definition) is 1. The van der Waals surface area contributed by atoms with Crippen molar-refractivity contribution >= 4 is 5.82 Å². The van der Waals surface area contributed by atoms with E-state index in [2.05, 4.69) is 15.3 Å². The van der Waals surface area contributed by atoms with E-state index < -0.39 is 13.0 Å². The number of methoxy groups -OCH3 is 1. The van der Waals surface area contributed by atoms with E-state index in [0.29, 0.717) is 5.82 Å². The maximum Gasteiger partial charge on any atom is 0.272 e. The van der Waals surface area contributed by atoms with E-state index in [1.807, 2.05) is 0 Å². The molecule has 0 unspecified atom stereocenters. The first-order chi connectivity index (χ1) is 7.19. The zero-order valence-electron chi connectivity index (χ0n) is 8.33. The van der Waals surface area contributed by atoms with Gasteiger partial charge in [-0.05, 0) is 0 Å². The number of nitrogens with one attached hydrogen (secondary N) is 1. The molecule has 0 aliphatic heterocycles. The molecule has 0 saturated carbocycles. The molecule has 0 spiro atoms. The van der Waals surface area contributed by atoms with Crippen LogP contribution >= 0.6 is 0 Å². The summed E-state index contributed by atoms with van der Waals surface area (Å²) >= 11 is 0. The van der Waals surface area contributed by atoms with Crippen molar-refractivity contribution in [2.45, 2.75) is 6.43 Å². The third-order valence-corrected chi connectivity index (χ3v) is 1.56. The first-order valence-electron chi connectivity index (χ1n) is 4.16. The van der Waals surface area contributed by atoms with Crippen LogP contribution in [0.3, 0.4) is 0 Å². The Hall–Kier alpha value is -1.66. The summed E-state index contributed by atoms with van der Waals surface area (Å²) in [5.41, 5.74) is 0. The number of ether oxygens (including phenoxy) is 2. The molecule has 0 amide bonds. The Morgan fingerprint density at radius 2 is 2.20 bits per heavy atom. The maximum atomic E-state index is 11.9. The van der Waals surface area contributed by atoms with Gasteiger partial charge in [-0.1, -0.05) is 0 Å². The molecule has 1 heterocycles. The fraction of sp³-hybridized carbons (Fsp3) is 0.500. The highest BCUT2D eigenvalue weighted by molar-refractivity contribution is 5.54. The summed E-state index contributed by atoms with van der Waals surface area (Å²) in [5.74, 6) is 0.592. The van der Waals surface area contributed by atoms with Crippen molar-refractivity contribution in [1.82, 2.24) is 9.97 Å². The highest BCUT2D eigenvalue weighted by Gasteiger charge is 2.14. The van der Waals surface area contributed by atoms with Crippen molar-refractivity contribution < 1.29 is 18.3 Å². The van der Waals surface area contributed by atoms with Crippen LogP contribution in [-0.2, 0) is 0 Å². The minimum atomic E-state index is -2.55. The van der Waals surface area contributed by atoms with E-state index >= 15 is 0 Å². The topological polar surface area (TPSA) is 56.3 Å². The molecule has 7 heteroatoms. The van der Waals surface area contributed by atoms with Gasteiger partial charge in [0.05, 0.1) is 7.11 Å². The molecule has 0 radical (unpaired) electrons. The second-order valence-electron chi connectivity index (χ2n) is 2.51. The smallest absolute Gasteiger partial charge is 0.272 e. The lowest BCUT2D eigenvalue weighted by atomic mass is 10.5. The second kappa shape index (κ2) is 5.28. The van der Waals surface area contributed by atoms with Crippen molar-refractivity contribution in [3.8, 4) is 11.6 Å². The van der Waals surface area contributed by atoms with Crippen molar-refractivity contribution in [2.24, 2.45) is 0 Å². The Bertz CT molecular complexity index is 323. The Kier molecular flexibility index (Phi) is 4.02. The summed E-state index contributed by atoms with van der Waals surface area (Å²) in [4.78, 5) is 7.54. The zero-order valence-corrected chi connectivity index (χ0v) is 8.33. The molecular formula is C8H11F2N3O2. The molecule has 1 aromatic rings. The lowest BCUT2D eigenvalue weighted by molar-refractivity contribution is 0.0779. The Morgan fingerprint density at radius 1 is 1.47 bits per heavy atom. The van der Waals surface area contributed by atoms with Gasteiger partial charge in [0.1, 0.15) is 6.33 Å². The molecule has 1 aromatic heterocycles. The van der Waals surface area contributed by atoms with Crippen LogP contribution in [0.4, 0.5) is 14.6 Å². The number of anilines is 1. The van der Waals surface area contributed by atoms with E-state index in [9.17, 15) is 8.78 Å². The van der Waals surface area contributed by atoms with Crippen LogP contribution in [-0.4, -0.2) is 37.2 Å². The lowest BCUT2D eigenvalue weighted by Gasteiger charge is -2.11. The van der Waals surface area contributed by atoms with Crippen LogP contribution in [0, 0.1) is 0 Å². The van der Waals surface area contributed by atoms with Gasteiger partial charge in [-0.15, -0.1) is 0 Å². The molecule has 0 atom stereocenters. The minimum Gasteiger partial charge on any atom is -0.489 e. The van der Waals surface area contributed by atoms with Crippen molar-refractivity contribution in [3.63, 3.8) is 0 Å². The molecule has 0 fully saturated rings. The fourth-order valence-corrected chi connectivity index (χ4v) is 0.964. The quantitative estimate of drug-likeness (QED) is 0.805. The average molecular weight is 219 g/mol. The van der Waals surface area contributed by atoms with Gasteiger partial charge in [0, 0.05) is 7.05 Å². The number of nitrogens with zero attached hydrogens (tertiary/aromatic N) is 2. The van der Waals surface area contributed by atoms with Gasteiger partial charge in [-0.2, -0.15) is 4.98 Å². The van der Waals surface area contributed by atoms with Crippen molar-refractivity contribution in [3.05, 3.63) is 6.33 Å². The third kappa shape index (κ3) is 2.90. The summed E-state index contributed by atoms with van der Waals surface area (Å²) in [7, 11) is 3.01. The minimum absolute atomic E-state index is 0.00264. The Balaban J connectivity index is 2.86. The van der Waals surface area contributed by atoms with Gasteiger partial charge >= 0.3 is 0 Å². The van der Waals surface area contributed by atoms with Crippen LogP contribution in [0.2, 0.25) is 0 Å². The normalized spacial score (nSPS) is 10.2.